The van der Waals surface area contributed by atoms with E-state index in [2.05, 4.69) is 17.3 Å². The van der Waals surface area contributed by atoms with Crippen molar-refractivity contribution >= 4 is 5.91 Å². The largest absolute Gasteiger partial charge is 0.454 e. The van der Waals surface area contributed by atoms with Gasteiger partial charge in [-0.25, -0.2) is 4.68 Å². The molecule has 35 heavy (non-hydrogen) atoms. The Balaban J connectivity index is 1.24. The maximum atomic E-state index is 12.7. The first-order chi connectivity index (χ1) is 17.2. The van der Waals surface area contributed by atoms with Gasteiger partial charge in [0, 0.05) is 37.3 Å². The van der Waals surface area contributed by atoms with E-state index in [0.29, 0.717) is 25.4 Å². The number of aryl methyl sites for hydroxylation is 1. The first-order valence-corrected chi connectivity index (χ1v) is 12.7. The Labute approximate surface area is 207 Å². The number of nitrogens with zero attached hydrogens (tertiary/aromatic N) is 3. The molecule has 2 heterocycles. The van der Waals surface area contributed by atoms with Crippen LogP contribution in [-0.2, 0) is 11.2 Å². The number of carbonyl (C=O) groups is 1. The van der Waals surface area contributed by atoms with Gasteiger partial charge in [-0.15, -0.1) is 0 Å². The molecule has 7 nitrogen and oxygen atoms in total. The summed E-state index contributed by atoms with van der Waals surface area (Å²) in [6.45, 7) is 1.81. The zero-order valence-corrected chi connectivity index (χ0v) is 20.4. The number of hydrogen-bond donors (Lipinski definition) is 1. The number of aromatic nitrogens is 2. The lowest BCUT2D eigenvalue weighted by Crippen LogP contribution is -2.39. The Morgan fingerprint density at radius 2 is 1.89 bits per heavy atom. The van der Waals surface area contributed by atoms with Crippen LogP contribution in [0.5, 0.6) is 11.5 Å². The number of para-hydroxylation sites is 1. The van der Waals surface area contributed by atoms with Crippen LogP contribution in [0.25, 0.3) is 16.9 Å². The third-order valence-electron chi connectivity index (χ3n) is 7.06. The van der Waals surface area contributed by atoms with Crippen LogP contribution in [0.3, 0.4) is 0 Å². The molecule has 3 aromatic rings. The smallest absolute Gasteiger partial charge is 0.231 e. The van der Waals surface area contributed by atoms with Crippen molar-refractivity contribution in [3.8, 4) is 28.4 Å². The second kappa shape index (κ2) is 11.0. The predicted molar refractivity (Wildman–Crippen MR) is 136 cm³/mol. The Bertz CT molecular complexity index is 1140. The zero-order valence-electron chi connectivity index (χ0n) is 20.4. The average Bonchev–Trinajstić information content (AvgIpc) is 3.55. The summed E-state index contributed by atoms with van der Waals surface area (Å²) in [5, 5.41) is 7.98. The van der Waals surface area contributed by atoms with Crippen LogP contribution in [-0.4, -0.2) is 53.6 Å². The van der Waals surface area contributed by atoms with Gasteiger partial charge >= 0.3 is 0 Å². The van der Waals surface area contributed by atoms with Gasteiger partial charge in [-0.2, -0.15) is 5.10 Å². The molecule has 0 atom stereocenters. The van der Waals surface area contributed by atoms with Crippen LogP contribution in [0.15, 0.2) is 54.7 Å². The molecule has 1 aliphatic heterocycles. The molecule has 184 valence electrons. The number of rotatable bonds is 9. The van der Waals surface area contributed by atoms with E-state index in [9.17, 15) is 4.79 Å². The van der Waals surface area contributed by atoms with Crippen LogP contribution in [0.4, 0.5) is 0 Å². The monoisotopic (exact) mass is 474 g/mol. The second-order valence-electron chi connectivity index (χ2n) is 9.47. The van der Waals surface area contributed by atoms with Crippen LogP contribution in [0.1, 0.15) is 44.1 Å². The van der Waals surface area contributed by atoms with E-state index in [4.69, 9.17) is 14.6 Å². The molecule has 0 saturated heterocycles. The Kier molecular flexibility index (Phi) is 7.33. The number of carbonyl (C=O) groups excluding carboxylic acids is 1. The summed E-state index contributed by atoms with van der Waals surface area (Å²) < 4.78 is 12.9. The predicted octanol–water partition coefficient (Wildman–Crippen LogP) is 4.58. The number of benzene rings is 2. The minimum atomic E-state index is 0.0751. The number of likely N-dealkylation sites (N-methyl/N-ethyl adjacent to an activating group) is 1. The fourth-order valence-electron chi connectivity index (χ4n) is 5.01. The second-order valence-corrected chi connectivity index (χ2v) is 9.47. The molecule has 7 heteroatoms. The van der Waals surface area contributed by atoms with Crippen molar-refractivity contribution in [2.24, 2.45) is 0 Å². The summed E-state index contributed by atoms with van der Waals surface area (Å²) in [5.41, 5.74) is 3.82. The molecule has 2 aliphatic rings. The van der Waals surface area contributed by atoms with Gasteiger partial charge in [-0.3, -0.25) is 4.79 Å². The van der Waals surface area contributed by atoms with E-state index in [1.54, 1.807) is 0 Å². The molecule has 1 amide bonds. The van der Waals surface area contributed by atoms with Crippen LogP contribution >= 0.6 is 0 Å². The highest BCUT2D eigenvalue weighted by Crippen LogP contribution is 2.36. The molecule has 0 radical (unpaired) electrons. The van der Waals surface area contributed by atoms with Crippen LogP contribution in [0, 0.1) is 0 Å². The highest BCUT2D eigenvalue weighted by molar-refractivity contribution is 5.77. The topological polar surface area (TPSA) is 68.6 Å². The van der Waals surface area contributed by atoms with E-state index in [-0.39, 0.29) is 12.7 Å². The van der Waals surface area contributed by atoms with Crippen molar-refractivity contribution in [3.63, 3.8) is 0 Å². The molecule has 1 aliphatic carbocycles. The summed E-state index contributed by atoms with van der Waals surface area (Å²) in [5.74, 6) is 1.55. The van der Waals surface area contributed by atoms with E-state index in [1.165, 1.54) is 32.1 Å². The summed E-state index contributed by atoms with van der Waals surface area (Å²) in [6.07, 6.45) is 9.62. The Hall–Kier alpha value is -3.32. The number of ether oxygens (including phenoxy) is 2. The van der Waals surface area contributed by atoms with Gasteiger partial charge in [0.15, 0.2) is 11.5 Å². The lowest BCUT2D eigenvalue weighted by atomic mass is 9.94. The van der Waals surface area contributed by atoms with Crippen molar-refractivity contribution in [1.29, 1.82) is 0 Å². The quantitative estimate of drug-likeness (QED) is 0.492. The molecular formula is C28H34N4O3. The van der Waals surface area contributed by atoms with Gasteiger partial charge in [-0.1, -0.05) is 37.5 Å². The molecule has 2 aromatic carbocycles. The van der Waals surface area contributed by atoms with Gasteiger partial charge in [0.25, 0.3) is 0 Å². The number of amides is 1. The third-order valence-corrected chi connectivity index (χ3v) is 7.06. The average molecular weight is 475 g/mol. The standard InChI is InChI=1S/C28H34N4O3/c1-31(23-8-4-2-5-9-23)17-16-29-27(33)15-13-22-19-32(24-10-6-3-7-11-24)30-28(22)21-12-14-25-26(18-21)35-20-34-25/h3,6-7,10-12,14,18-19,23H,2,4-5,8-9,13,15-17,20H2,1H3,(H,29,33). The highest BCUT2D eigenvalue weighted by Gasteiger charge is 2.20. The van der Waals surface area contributed by atoms with Crippen molar-refractivity contribution in [1.82, 2.24) is 20.0 Å². The molecule has 1 saturated carbocycles. The van der Waals surface area contributed by atoms with Crippen molar-refractivity contribution < 1.29 is 14.3 Å². The molecule has 0 unspecified atom stereocenters. The molecule has 0 spiro atoms. The zero-order chi connectivity index (χ0) is 24.0. The maximum absolute atomic E-state index is 12.7. The summed E-state index contributed by atoms with van der Waals surface area (Å²) in [7, 11) is 2.18. The minimum Gasteiger partial charge on any atom is -0.454 e. The molecule has 1 fully saturated rings. The van der Waals surface area contributed by atoms with E-state index in [0.717, 1.165) is 40.6 Å². The van der Waals surface area contributed by atoms with Crippen LogP contribution in [0.2, 0.25) is 0 Å². The third kappa shape index (κ3) is 5.68. The fraction of sp³-hybridized carbons (Fsp3) is 0.429. The number of nitrogens with one attached hydrogen (secondary N) is 1. The summed E-state index contributed by atoms with van der Waals surface area (Å²) >= 11 is 0. The van der Waals surface area contributed by atoms with Gasteiger partial charge in [0.2, 0.25) is 12.7 Å². The first kappa shape index (κ1) is 23.4. The molecule has 5 rings (SSSR count). The van der Waals surface area contributed by atoms with Gasteiger partial charge in [0.05, 0.1) is 11.4 Å². The van der Waals surface area contributed by atoms with E-state index < -0.39 is 0 Å². The van der Waals surface area contributed by atoms with Gasteiger partial charge < -0.3 is 19.7 Å². The molecule has 1 N–H and O–H groups in total. The summed E-state index contributed by atoms with van der Waals surface area (Å²) in [4.78, 5) is 15.1. The Morgan fingerprint density at radius 1 is 1.09 bits per heavy atom. The SMILES string of the molecule is CN(CCNC(=O)CCc1cn(-c2ccccc2)nc1-c1ccc2c(c1)OCO2)C1CCCCC1. The molecular weight excluding hydrogens is 440 g/mol. The fourth-order valence-corrected chi connectivity index (χ4v) is 5.01. The maximum Gasteiger partial charge on any atom is 0.231 e. The van der Waals surface area contributed by atoms with Crippen LogP contribution < -0.4 is 14.8 Å². The van der Waals surface area contributed by atoms with Crippen molar-refractivity contribution in [2.45, 2.75) is 51.0 Å². The van der Waals surface area contributed by atoms with E-state index in [1.807, 2.05) is 59.4 Å². The Morgan fingerprint density at radius 3 is 2.71 bits per heavy atom. The summed E-state index contributed by atoms with van der Waals surface area (Å²) in [6, 6.07) is 16.6. The van der Waals surface area contributed by atoms with Gasteiger partial charge in [-0.05, 0) is 62.2 Å². The molecule has 0 bridgehead atoms. The number of fused-ring (bicyclic) bond motifs is 1. The normalized spacial score (nSPS) is 15.5. The van der Waals surface area contributed by atoms with Gasteiger partial charge in [0.1, 0.15) is 0 Å². The van der Waals surface area contributed by atoms with Crippen molar-refractivity contribution in [2.75, 3.05) is 26.9 Å². The lowest BCUT2D eigenvalue weighted by Gasteiger charge is -2.31. The minimum absolute atomic E-state index is 0.0751. The number of hydrogen-bond acceptors (Lipinski definition) is 5. The highest BCUT2D eigenvalue weighted by atomic mass is 16.7. The lowest BCUT2D eigenvalue weighted by molar-refractivity contribution is -0.121. The van der Waals surface area contributed by atoms with Crippen molar-refractivity contribution in [3.05, 3.63) is 60.3 Å². The van der Waals surface area contributed by atoms with E-state index >= 15 is 0 Å². The first-order valence-electron chi connectivity index (χ1n) is 12.7. The molecule has 1 aromatic heterocycles.